The molecule has 0 spiro atoms. The molecule has 0 saturated carbocycles. The van der Waals surface area contributed by atoms with Crippen molar-refractivity contribution in [3.05, 3.63) is 0 Å². The van der Waals surface area contributed by atoms with E-state index in [1.807, 2.05) is 6.92 Å². The van der Waals surface area contributed by atoms with Crippen molar-refractivity contribution in [2.45, 2.75) is 33.2 Å². The number of imide groups is 1. The molecule has 2 rings (SSSR count). The van der Waals surface area contributed by atoms with Crippen LogP contribution in [-0.4, -0.2) is 64.8 Å². The minimum Gasteiger partial charge on any atom is -0.353 e. The second kappa shape index (κ2) is 7.46. The molecule has 0 aromatic carbocycles. The minimum atomic E-state index is -0.217. The van der Waals surface area contributed by atoms with E-state index in [2.05, 4.69) is 24.1 Å². The van der Waals surface area contributed by atoms with Crippen LogP contribution in [-0.2, 0) is 9.59 Å². The summed E-state index contributed by atoms with van der Waals surface area (Å²) >= 11 is 1.02. The van der Waals surface area contributed by atoms with Gasteiger partial charge in [-0.25, -0.2) is 0 Å². The van der Waals surface area contributed by atoms with E-state index >= 15 is 0 Å². The first-order valence-electron chi connectivity index (χ1n) is 7.87. The third-order valence-electron chi connectivity index (χ3n) is 4.30. The van der Waals surface area contributed by atoms with Gasteiger partial charge in [0.25, 0.3) is 5.24 Å². The lowest BCUT2D eigenvalue weighted by atomic mass is 9.91. The summed E-state index contributed by atoms with van der Waals surface area (Å²) < 4.78 is 0. The topological polar surface area (TPSA) is 69.7 Å². The van der Waals surface area contributed by atoms with Gasteiger partial charge in [-0.1, -0.05) is 25.6 Å². The number of rotatable bonds is 5. The number of hydrogen-bond acceptors (Lipinski definition) is 5. The number of likely N-dealkylation sites (tertiary alicyclic amines) is 1. The maximum atomic E-state index is 12.2. The van der Waals surface area contributed by atoms with E-state index in [1.54, 1.807) is 0 Å². The zero-order chi connectivity index (χ0) is 16.3. The summed E-state index contributed by atoms with van der Waals surface area (Å²) in [7, 11) is 0. The van der Waals surface area contributed by atoms with Crippen molar-refractivity contribution in [3.63, 3.8) is 0 Å². The molecule has 0 aromatic rings. The van der Waals surface area contributed by atoms with Gasteiger partial charge in [-0.3, -0.25) is 24.2 Å². The van der Waals surface area contributed by atoms with Gasteiger partial charge in [0.05, 0.1) is 11.8 Å². The molecule has 0 aliphatic carbocycles. The summed E-state index contributed by atoms with van der Waals surface area (Å²) in [4.78, 5) is 38.6. The molecule has 2 saturated heterocycles. The molecule has 6 nitrogen and oxygen atoms in total. The van der Waals surface area contributed by atoms with Gasteiger partial charge < -0.3 is 5.32 Å². The van der Waals surface area contributed by atoms with Crippen molar-refractivity contribution in [2.24, 2.45) is 11.8 Å². The fourth-order valence-corrected chi connectivity index (χ4v) is 3.98. The molecular weight excluding hydrogens is 302 g/mol. The van der Waals surface area contributed by atoms with Crippen LogP contribution in [0.5, 0.6) is 0 Å². The lowest BCUT2D eigenvalue weighted by molar-refractivity contribution is -0.128. The van der Waals surface area contributed by atoms with Gasteiger partial charge in [0.2, 0.25) is 11.8 Å². The number of piperidine rings is 1. The first-order valence-corrected chi connectivity index (χ1v) is 8.86. The Labute approximate surface area is 136 Å². The summed E-state index contributed by atoms with van der Waals surface area (Å²) in [5.41, 5.74) is 0. The highest BCUT2D eigenvalue weighted by Crippen LogP contribution is 2.22. The number of thioether (sulfide) groups is 1. The van der Waals surface area contributed by atoms with Crippen molar-refractivity contribution >= 4 is 28.8 Å². The third-order valence-corrected chi connectivity index (χ3v) is 5.16. The Morgan fingerprint density at radius 1 is 1.32 bits per heavy atom. The van der Waals surface area contributed by atoms with Gasteiger partial charge in [-0.2, -0.15) is 0 Å². The summed E-state index contributed by atoms with van der Waals surface area (Å²) in [5, 5.41) is 2.62. The van der Waals surface area contributed by atoms with Crippen LogP contribution in [0.3, 0.4) is 0 Å². The Balaban J connectivity index is 1.76. The number of hydrogen-bond donors (Lipinski definition) is 1. The lowest BCUT2D eigenvalue weighted by Gasteiger charge is -2.38. The van der Waals surface area contributed by atoms with Crippen molar-refractivity contribution in [3.8, 4) is 0 Å². The molecule has 0 radical (unpaired) electrons. The van der Waals surface area contributed by atoms with Crippen molar-refractivity contribution in [1.82, 2.24) is 15.1 Å². The highest BCUT2D eigenvalue weighted by atomic mass is 32.2. The Bertz CT molecular complexity index is 431. The average Bonchev–Trinajstić information content (AvgIpc) is 2.77. The van der Waals surface area contributed by atoms with Gasteiger partial charge in [0.1, 0.15) is 0 Å². The maximum Gasteiger partial charge on any atom is 0.288 e. The van der Waals surface area contributed by atoms with E-state index in [9.17, 15) is 14.4 Å². The Kier molecular flexibility index (Phi) is 5.86. The van der Waals surface area contributed by atoms with Crippen molar-refractivity contribution in [1.29, 1.82) is 0 Å². The standard InChI is InChI=1S/C15H25N3O3S/c1-10-6-11(2)8-17(7-10)12(3)14(20)16-4-5-18-13(19)9-22-15(18)21/h10-12H,4-9H2,1-3H3,(H,16,20)/t10-,11-,12-/m0/s1. The van der Waals surface area contributed by atoms with Crippen LogP contribution >= 0.6 is 11.8 Å². The van der Waals surface area contributed by atoms with Crippen LogP contribution in [0.1, 0.15) is 27.2 Å². The molecule has 124 valence electrons. The fourth-order valence-electron chi connectivity index (χ4n) is 3.23. The maximum absolute atomic E-state index is 12.2. The van der Waals surface area contributed by atoms with Crippen LogP contribution in [0.2, 0.25) is 0 Å². The lowest BCUT2D eigenvalue weighted by Crippen LogP contribution is -2.51. The summed E-state index contributed by atoms with van der Waals surface area (Å²) in [6.07, 6.45) is 1.21. The summed E-state index contributed by atoms with van der Waals surface area (Å²) in [6.45, 7) is 8.82. The third kappa shape index (κ3) is 4.23. The van der Waals surface area contributed by atoms with Gasteiger partial charge in [-0.05, 0) is 25.2 Å². The number of nitrogens with one attached hydrogen (secondary N) is 1. The van der Waals surface area contributed by atoms with Gasteiger partial charge >= 0.3 is 0 Å². The smallest absolute Gasteiger partial charge is 0.288 e. The second-order valence-electron chi connectivity index (χ2n) is 6.47. The largest absolute Gasteiger partial charge is 0.353 e. The highest BCUT2D eigenvalue weighted by molar-refractivity contribution is 8.14. The Morgan fingerprint density at radius 2 is 1.95 bits per heavy atom. The molecule has 2 heterocycles. The van der Waals surface area contributed by atoms with Gasteiger partial charge in [0, 0.05) is 26.2 Å². The van der Waals surface area contributed by atoms with Crippen molar-refractivity contribution in [2.75, 3.05) is 31.9 Å². The first kappa shape index (κ1) is 17.3. The van der Waals surface area contributed by atoms with Crippen LogP contribution in [0.25, 0.3) is 0 Å². The molecule has 1 N–H and O–H groups in total. The molecule has 3 amide bonds. The molecule has 0 unspecified atom stereocenters. The molecular formula is C15H25N3O3S. The second-order valence-corrected chi connectivity index (χ2v) is 7.39. The zero-order valence-electron chi connectivity index (χ0n) is 13.5. The fraction of sp³-hybridized carbons (Fsp3) is 0.800. The molecule has 22 heavy (non-hydrogen) atoms. The van der Waals surface area contributed by atoms with E-state index in [-0.39, 0.29) is 35.4 Å². The Morgan fingerprint density at radius 3 is 2.50 bits per heavy atom. The molecule has 2 aliphatic rings. The normalized spacial score (nSPS) is 28.0. The quantitative estimate of drug-likeness (QED) is 0.821. The van der Waals surface area contributed by atoms with E-state index < -0.39 is 0 Å². The predicted octanol–water partition coefficient (Wildman–Crippen LogP) is 1.16. The Hall–Kier alpha value is -1.08. The van der Waals surface area contributed by atoms with E-state index in [4.69, 9.17) is 0 Å². The molecule has 7 heteroatoms. The SMILES string of the molecule is C[C@H]1C[C@H](C)CN([C@@H](C)C(=O)NCCN2C(=O)CSC2=O)C1. The van der Waals surface area contributed by atoms with Gasteiger partial charge in [0.15, 0.2) is 0 Å². The molecule has 3 atom stereocenters. The van der Waals surface area contributed by atoms with E-state index in [0.29, 0.717) is 18.4 Å². The predicted molar refractivity (Wildman–Crippen MR) is 86.6 cm³/mol. The van der Waals surface area contributed by atoms with Crippen LogP contribution in [0.15, 0.2) is 0 Å². The summed E-state index contributed by atoms with van der Waals surface area (Å²) in [6, 6.07) is -0.176. The van der Waals surface area contributed by atoms with Crippen LogP contribution in [0, 0.1) is 11.8 Å². The van der Waals surface area contributed by atoms with E-state index in [0.717, 1.165) is 24.9 Å². The number of carbonyl (C=O) groups is 3. The summed E-state index contributed by atoms with van der Waals surface area (Å²) in [5.74, 6) is 1.22. The molecule has 0 aromatic heterocycles. The van der Waals surface area contributed by atoms with Crippen LogP contribution < -0.4 is 5.32 Å². The average molecular weight is 327 g/mol. The molecule has 2 fully saturated rings. The minimum absolute atomic E-state index is 0.0342. The van der Waals surface area contributed by atoms with Gasteiger partial charge in [-0.15, -0.1) is 0 Å². The number of carbonyl (C=O) groups excluding carboxylic acids is 3. The number of amides is 3. The van der Waals surface area contributed by atoms with Crippen molar-refractivity contribution < 1.29 is 14.4 Å². The molecule has 0 bridgehead atoms. The molecule has 2 aliphatic heterocycles. The zero-order valence-corrected chi connectivity index (χ0v) is 14.3. The first-order chi connectivity index (χ1) is 10.4. The van der Waals surface area contributed by atoms with E-state index in [1.165, 1.54) is 11.3 Å². The monoisotopic (exact) mass is 327 g/mol. The number of nitrogens with zero attached hydrogens (tertiary/aromatic N) is 2. The highest BCUT2D eigenvalue weighted by Gasteiger charge is 2.31. The van der Waals surface area contributed by atoms with Crippen LogP contribution in [0.4, 0.5) is 4.79 Å².